The fourth-order valence-electron chi connectivity index (χ4n) is 1.83. The number of hydrogen-bond acceptors (Lipinski definition) is 2. The zero-order valence-electron chi connectivity index (χ0n) is 10.4. The molecule has 3 heteroatoms. The molecule has 0 bridgehead atoms. The topological polar surface area (TPSA) is 40.5 Å². The maximum Gasteiger partial charge on any atom is 0.336 e. The van der Waals surface area contributed by atoms with Crippen LogP contribution >= 0.6 is 0 Å². The number of anilines is 1. The molecule has 88 valence electrons. The minimum atomic E-state index is -0.852. The molecule has 0 unspecified atom stereocenters. The Kier molecular flexibility index (Phi) is 3.93. The van der Waals surface area contributed by atoms with Crippen LogP contribution in [0, 0.1) is 13.8 Å². The zero-order valence-corrected chi connectivity index (χ0v) is 10.4. The van der Waals surface area contributed by atoms with E-state index in [-0.39, 0.29) is 0 Å². The lowest BCUT2D eigenvalue weighted by atomic mass is 10.0. The number of aromatic carboxylic acids is 1. The largest absolute Gasteiger partial charge is 0.478 e. The molecule has 0 saturated heterocycles. The number of hydrogen-bond donors (Lipinski definition) is 1. The van der Waals surface area contributed by atoms with E-state index >= 15 is 0 Å². The van der Waals surface area contributed by atoms with Gasteiger partial charge in [-0.25, -0.2) is 4.79 Å². The third-order valence-corrected chi connectivity index (χ3v) is 3.01. The van der Waals surface area contributed by atoms with Gasteiger partial charge in [0, 0.05) is 18.8 Å². The van der Waals surface area contributed by atoms with Crippen LogP contribution in [0.3, 0.4) is 0 Å². The number of carboxylic acid groups (broad SMARTS) is 1. The number of nitrogens with zero attached hydrogens (tertiary/aromatic N) is 1. The van der Waals surface area contributed by atoms with Crippen LogP contribution in [0.4, 0.5) is 5.69 Å². The molecule has 16 heavy (non-hydrogen) atoms. The minimum Gasteiger partial charge on any atom is -0.478 e. The first-order chi connectivity index (χ1) is 7.51. The number of aryl methyl sites for hydroxylation is 1. The molecule has 0 aromatic heterocycles. The van der Waals surface area contributed by atoms with Gasteiger partial charge in [0.1, 0.15) is 0 Å². The molecule has 1 N–H and O–H groups in total. The van der Waals surface area contributed by atoms with Crippen LogP contribution in [0.15, 0.2) is 12.1 Å². The average molecular weight is 221 g/mol. The Bertz CT molecular complexity index is 395. The molecule has 0 spiro atoms. The van der Waals surface area contributed by atoms with Crippen molar-refractivity contribution >= 4 is 11.7 Å². The van der Waals surface area contributed by atoms with Gasteiger partial charge in [-0.2, -0.15) is 0 Å². The van der Waals surface area contributed by atoms with E-state index in [0.717, 1.165) is 29.9 Å². The zero-order chi connectivity index (χ0) is 12.3. The van der Waals surface area contributed by atoms with Crippen LogP contribution in [0.5, 0.6) is 0 Å². The van der Waals surface area contributed by atoms with Gasteiger partial charge in [-0.3, -0.25) is 0 Å². The van der Waals surface area contributed by atoms with Crippen molar-refractivity contribution in [3.63, 3.8) is 0 Å². The Balaban J connectivity index is 3.28. The molecule has 0 radical (unpaired) electrons. The van der Waals surface area contributed by atoms with E-state index in [4.69, 9.17) is 5.11 Å². The van der Waals surface area contributed by atoms with E-state index in [1.165, 1.54) is 0 Å². The summed E-state index contributed by atoms with van der Waals surface area (Å²) in [6, 6.07) is 3.81. The van der Waals surface area contributed by atoms with E-state index < -0.39 is 5.97 Å². The van der Waals surface area contributed by atoms with Crippen molar-refractivity contribution in [3.8, 4) is 0 Å². The fraction of sp³-hybridized carbons (Fsp3) is 0.462. The normalized spacial score (nSPS) is 10.2. The second-order valence-electron chi connectivity index (χ2n) is 3.91. The predicted molar refractivity (Wildman–Crippen MR) is 66.4 cm³/mol. The number of carbonyl (C=O) groups is 1. The van der Waals surface area contributed by atoms with Crippen LogP contribution in [-0.2, 0) is 0 Å². The van der Waals surface area contributed by atoms with Crippen LogP contribution in [-0.4, -0.2) is 24.2 Å². The van der Waals surface area contributed by atoms with E-state index in [1.54, 1.807) is 6.07 Å². The summed E-state index contributed by atoms with van der Waals surface area (Å²) in [7, 11) is 0. The highest BCUT2D eigenvalue weighted by Crippen LogP contribution is 2.23. The third-order valence-electron chi connectivity index (χ3n) is 3.01. The van der Waals surface area contributed by atoms with E-state index in [2.05, 4.69) is 24.8 Å². The van der Waals surface area contributed by atoms with E-state index in [1.807, 2.05) is 13.8 Å². The van der Waals surface area contributed by atoms with Crippen molar-refractivity contribution in [3.05, 3.63) is 28.8 Å². The van der Waals surface area contributed by atoms with Crippen molar-refractivity contribution in [2.45, 2.75) is 27.7 Å². The van der Waals surface area contributed by atoms with Crippen molar-refractivity contribution in [2.75, 3.05) is 18.0 Å². The summed E-state index contributed by atoms with van der Waals surface area (Å²) in [6.45, 7) is 9.72. The minimum absolute atomic E-state index is 0.405. The molecule has 0 saturated carbocycles. The van der Waals surface area contributed by atoms with E-state index in [0.29, 0.717) is 5.56 Å². The highest BCUT2D eigenvalue weighted by molar-refractivity contribution is 5.91. The molecule has 1 aromatic carbocycles. The van der Waals surface area contributed by atoms with Crippen LogP contribution in [0.1, 0.15) is 35.3 Å². The predicted octanol–water partition coefficient (Wildman–Crippen LogP) is 2.85. The maximum atomic E-state index is 11.1. The Hall–Kier alpha value is -1.51. The second kappa shape index (κ2) is 5.01. The van der Waals surface area contributed by atoms with E-state index in [9.17, 15) is 4.79 Å². The van der Waals surface area contributed by atoms with Crippen LogP contribution < -0.4 is 4.90 Å². The molecule has 0 fully saturated rings. The lowest BCUT2D eigenvalue weighted by Crippen LogP contribution is -2.22. The molecular weight excluding hydrogens is 202 g/mol. The Morgan fingerprint density at radius 1 is 1.25 bits per heavy atom. The fourth-order valence-corrected chi connectivity index (χ4v) is 1.83. The number of benzene rings is 1. The van der Waals surface area contributed by atoms with Crippen molar-refractivity contribution in [1.29, 1.82) is 0 Å². The van der Waals surface area contributed by atoms with Crippen molar-refractivity contribution < 1.29 is 9.90 Å². The van der Waals surface area contributed by atoms with Gasteiger partial charge >= 0.3 is 5.97 Å². The van der Waals surface area contributed by atoms with Gasteiger partial charge in [0.25, 0.3) is 0 Å². The van der Waals surface area contributed by atoms with Gasteiger partial charge < -0.3 is 10.0 Å². The summed E-state index contributed by atoms with van der Waals surface area (Å²) in [6.07, 6.45) is 0. The molecule has 3 nitrogen and oxygen atoms in total. The SMILES string of the molecule is CCN(CC)c1cc(C)c(C)c(C(=O)O)c1. The standard InChI is InChI=1S/C13H19NO2/c1-5-14(6-2)11-7-9(3)10(4)12(8-11)13(15)16/h7-8H,5-6H2,1-4H3,(H,15,16). The smallest absolute Gasteiger partial charge is 0.336 e. The molecule has 0 aliphatic carbocycles. The van der Waals surface area contributed by atoms with Gasteiger partial charge in [0.05, 0.1) is 5.56 Å². The Morgan fingerprint density at radius 3 is 2.25 bits per heavy atom. The average Bonchev–Trinajstić information content (AvgIpc) is 2.24. The Labute approximate surface area is 96.7 Å². The third kappa shape index (κ3) is 2.35. The molecule has 1 rings (SSSR count). The summed E-state index contributed by atoms with van der Waals surface area (Å²) < 4.78 is 0. The second-order valence-corrected chi connectivity index (χ2v) is 3.91. The monoisotopic (exact) mass is 221 g/mol. The molecule has 0 atom stereocenters. The summed E-state index contributed by atoms with van der Waals surface area (Å²) >= 11 is 0. The summed E-state index contributed by atoms with van der Waals surface area (Å²) in [5.74, 6) is -0.852. The van der Waals surface area contributed by atoms with Gasteiger partial charge in [0.15, 0.2) is 0 Å². The first-order valence-corrected chi connectivity index (χ1v) is 5.60. The maximum absolute atomic E-state index is 11.1. The molecule has 0 heterocycles. The number of rotatable bonds is 4. The lowest BCUT2D eigenvalue weighted by Gasteiger charge is -2.22. The number of carboxylic acids is 1. The van der Waals surface area contributed by atoms with Gasteiger partial charge in [-0.15, -0.1) is 0 Å². The highest BCUT2D eigenvalue weighted by atomic mass is 16.4. The molecule has 0 aliphatic heterocycles. The molecule has 1 aromatic rings. The molecule has 0 amide bonds. The lowest BCUT2D eigenvalue weighted by molar-refractivity contribution is 0.0696. The van der Waals surface area contributed by atoms with Gasteiger partial charge in [0.2, 0.25) is 0 Å². The summed E-state index contributed by atoms with van der Waals surface area (Å²) in [5.41, 5.74) is 3.28. The van der Waals surface area contributed by atoms with Gasteiger partial charge in [-0.05, 0) is 51.0 Å². The molecule has 0 aliphatic rings. The molecular formula is C13H19NO2. The Morgan fingerprint density at radius 2 is 1.81 bits per heavy atom. The summed E-state index contributed by atoms with van der Waals surface area (Å²) in [5, 5.41) is 9.12. The van der Waals surface area contributed by atoms with Gasteiger partial charge in [-0.1, -0.05) is 0 Å². The quantitative estimate of drug-likeness (QED) is 0.850. The van der Waals surface area contributed by atoms with Crippen molar-refractivity contribution in [1.82, 2.24) is 0 Å². The summed E-state index contributed by atoms with van der Waals surface area (Å²) in [4.78, 5) is 13.3. The first-order valence-electron chi connectivity index (χ1n) is 5.60. The first kappa shape index (κ1) is 12.6. The van der Waals surface area contributed by atoms with Crippen LogP contribution in [0.2, 0.25) is 0 Å². The highest BCUT2D eigenvalue weighted by Gasteiger charge is 2.12. The van der Waals surface area contributed by atoms with Crippen LogP contribution in [0.25, 0.3) is 0 Å². The van der Waals surface area contributed by atoms with Crippen molar-refractivity contribution in [2.24, 2.45) is 0 Å².